The zero-order valence-electron chi connectivity index (χ0n) is 15.6. The lowest BCUT2D eigenvalue weighted by molar-refractivity contribution is -0.119. The summed E-state index contributed by atoms with van der Waals surface area (Å²) in [6, 6.07) is 16.9. The third kappa shape index (κ3) is 5.40. The Morgan fingerprint density at radius 1 is 1.04 bits per heavy atom. The van der Waals surface area contributed by atoms with Gasteiger partial charge in [-0.05, 0) is 43.7 Å². The standard InChI is InChI=1S/C21H20N2O4S/c1-14-20(28-15(2)22-14)21(25)27-13-19(24)23-17-8-10-18(11-9-17)26-12-16-6-4-3-5-7-16/h3-11H,12-13H2,1-2H3,(H,23,24). The van der Waals surface area contributed by atoms with E-state index in [4.69, 9.17) is 9.47 Å². The minimum absolute atomic E-state index is 0.360. The zero-order chi connectivity index (χ0) is 19.9. The van der Waals surface area contributed by atoms with Crippen LogP contribution in [0.15, 0.2) is 54.6 Å². The predicted molar refractivity (Wildman–Crippen MR) is 108 cm³/mol. The summed E-state index contributed by atoms with van der Waals surface area (Å²) in [5.41, 5.74) is 2.28. The average Bonchev–Trinajstić information content (AvgIpc) is 3.04. The van der Waals surface area contributed by atoms with Gasteiger partial charge in [0.05, 0.1) is 10.7 Å². The number of aryl methyl sites for hydroxylation is 2. The Morgan fingerprint density at radius 3 is 2.39 bits per heavy atom. The molecule has 0 radical (unpaired) electrons. The molecule has 0 spiro atoms. The van der Waals surface area contributed by atoms with E-state index in [-0.39, 0.29) is 6.61 Å². The van der Waals surface area contributed by atoms with Crippen molar-refractivity contribution in [3.05, 3.63) is 75.7 Å². The van der Waals surface area contributed by atoms with Gasteiger partial charge in [0.15, 0.2) is 6.61 Å². The topological polar surface area (TPSA) is 77.5 Å². The maximum Gasteiger partial charge on any atom is 0.350 e. The molecule has 1 N–H and O–H groups in total. The lowest BCUT2D eigenvalue weighted by Gasteiger charge is -2.09. The summed E-state index contributed by atoms with van der Waals surface area (Å²) >= 11 is 1.25. The lowest BCUT2D eigenvalue weighted by atomic mass is 10.2. The summed E-state index contributed by atoms with van der Waals surface area (Å²) in [6.45, 7) is 3.66. The predicted octanol–water partition coefficient (Wildman–Crippen LogP) is 4.13. The van der Waals surface area contributed by atoms with Crippen LogP contribution in [0.3, 0.4) is 0 Å². The number of rotatable bonds is 7. The molecule has 3 aromatic rings. The fraction of sp³-hybridized carbons (Fsp3) is 0.190. The van der Waals surface area contributed by atoms with E-state index in [0.29, 0.717) is 28.6 Å². The molecule has 0 aliphatic carbocycles. The van der Waals surface area contributed by atoms with Crippen molar-refractivity contribution in [2.75, 3.05) is 11.9 Å². The normalized spacial score (nSPS) is 10.4. The molecule has 3 rings (SSSR count). The first-order chi connectivity index (χ1) is 13.5. The molecule has 7 heteroatoms. The molecule has 0 saturated heterocycles. The van der Waals surface area contributed by atoms with Crippen molar-refractivity contribution in [2.24, 2.45) is 0 Å². The van der Waals surface area contributed by atoms with E-state index in [0.717, 1.165) is 10.6 Å². The second kappa shape index (κ2) is 9.14. The molecule has 0 fully saturated rings. The van der Waals surface area contributed by atoms with Gasteiger partial charge in [-0.25, -0.2) is 9.78 Å². The van der Waals surface area contributed by atoms with Gasteiger partial charge < -0.3 is 14.8 Å². The number of amides is 1. The van der Waals surface area contributed by atoms with Gasteiger partial charge in [-0.15, -0.1) is 11.3 Å². The van der Waals surface area contributed by atoms with Crippen LogP contribution in [0.25, 0.3) is 0 Å². The molecule has 0 unspecified atom stereocenters. The number of hydrogen-bond acceptors (Lipinski definition) is 6. The summed E-state index contributed by atoms with van der Waals surface area (Å²) in [7, 11) is 0. The molecular formula is C21H20N2O4S. The van der Waals surface area contributed by atoms with Crippen molar-refractivity contribution in [3.8, 4) is 5.75 Å². The van der Waals surface area contributed by atoms with Crippen LogP contribution in [0.4, 0.5) is 5.69 Å². The molecule has 2 aromatic carbocycles. The Hall–Kier alpha value is -3.19. The fourth-order valence-corrected chi connectivity index (χ4v) is 3.30. The van der Waals surface area contributed by atoms with Crippen molar-refractivity contribution in [1.82, 2.24) is 4.98 Å². The molecule has 0 aliphatic heterocycles. The SMILES string of the molecule is Cc1nc(C)c(C(=O)OCC(=O)Nc2ccc(OCc3ccccc3)cc2)s1. The Balaban J connectivity index is 1.46. The summed E-state index contributed by atoms with van der Waals surface area (Å²) < 4.78 is 10.8. The largest absolute Gasteiger partial charge is 0.489 e. The highest BCUT2D eigenvalue weighted by Gasteiger charge is 2.16. The number of ether oxygens (including phenoxy) is 2. The second-order valence-electron chi connectivity index (χ2n) is 6.07. The smallest absolute Gasteiger partial charge is 0.350 e. The van der Waals surface area contributed by atoms with Gasteiger partial charge in [0, 0.05) is 5.69 Å². The van der Waals surface area contributed by atoms with Crippen LogP contribution in [0, 0.1) is 13.8 Å². The number of carbonyl (C=O) groups excluding carboxylic acids is 2. The molecule has 144 valence electrons. The summed E-state index contributed by atoms with van der Waals surface area (Å²) in [5, 5.41) is 3.47. The zero-order valence-corrected chi connectivity index (χ0v) is 16.4. The molecule has 0 atom stereocenters. The van der Waals surface area contributed by atoms with Crippen LogP contribution in [0.1, 0.15) is 25.9 Å². The van der Waals surface area contributed by atoms with Gasteiger partial charge in [0.25, 0.3) is 5.91 Å². The number of esters is 1. The Labute approximate surface area is 167 Å². The maximum absolute atomic E-state index is 12.0. The van der Waals surface area contributed by atoms with Gasteiger partial charge in [0.2, 0.25) is 0 Å². The van der Waals surface area contributed by atoms with Crippen molar-refractivity contribution >= 4 is 28.9 Å². The van der Waals surface area contributed by atoms with E-state index < -0.39 is 11.9 Å². The van der Waals surface area contributed by atoms with Gasteiger partial charge in [-0.2, -0.15) is 0 Å². The van der Waals surface area contributed by atoms with Crippen LogP contribution >= 0.6 is 11.3 Å². The van der Waals surface area contributed by atoms with Gasteiger partial charge in [-0.1, -0.05) is 30.3 Å². The lowest BCUT2D eigenvalue weighted by Crippen LogP contribution is -2.20. The van der Waals surface area contributed by atoms with E-state index in [2.05, 4.69) is 10.3 Å². The Kier molecular flexibility index (Phi) is 6.39. The number of nitrogens with one attached hydrogen (secondary N) is 1. The summed E-state index contributed by atoms with van der Waals surface area (Å²) in [6.07, 6.45) is 0. The fourth-order valence-electron chi connectivity index (χ4n) is 2.49. The number of thiazole rings is 1. The molecule has 28 heavy (non-hydrogen) atoms. The third-order valence-electron chi connectivity index (χ3n) is 3.81. The number of benzene rings is 2. The van der Waals surface area contributed by atoms with Gasteiger partial charge in [-0.3, -0.25) is 4.79 Å². The van der Waals surface area contributed by atoms with E-state index in [1.807, 2.05) is 37.3 Å². The van der Waals surface area contributed by atoms with E-state index in [1.54, 1.807) is 31.2 Å². The molecule has 6 nitrogen and oxygen atoms in total. The highest BCUT2D eigenvalue weighted by atomic mass is 32.1. The summed E-state index contributed by atoms with van der Waals surface area (Å²) in [5.74, 6) is -0.252. The monoisotopic (exact) mass is 396 g/mol. The van der Waals surface area contributed by atoms with Crippen molar-refractivity contribution < 1.29 is 19.1 Å². The first kappa shape index (κ1) is 19.6. The van der Waals surface area contributed by atoms with Crippen LogP contribution < -0.4 is 10.1 Å². The second-order valence-corrected chi connectivity index (χ2v) is 7.27. The van der Waals surface area contributed by atoms with Crippen LogP contribution in [-0.2, 0) is 16.1 Å². The van der Waals surface area contributed by atoms with Gasteiger partial charge in [0.1, 0.15) is 17.2 Å². The minimum atomic E-state index is -0.539. The van der Waals surface area contributed by atoms with E-state index >= 15 is 0 Å². The van der Waals surface area contributed by atoms with E-state index in [9.17, 15) is 9.59 Å². The van der Waals surface area contributed by atoms with Crippen LogP contribution in [-0.4, -0.2) is 23.5 Å². The van der Waals surface area contributed by atoms with Gasteiger partial charge >= 0.3 is 5.97 Å². The van der Waals surface area contributed by atoms with Crippen molar-refractivity contribution in [3.63, 3.8) is 0 Å². The maximum atomic E-state index is 12.0. The number of nitrogens with zero attached hydrogens (tertiary/aromatic N) is 1. The quantitative estimate of drug-likeness (QED) is 0.608. The third-order valence-corrected chi connectivity index (χ3v) is 4.86. The van der Waals surface area contributed by atoms with Crippen LogP contribution in [0.5, 0.6) is 5.75 Å². The summed E-state index contributed by atoms with van der Waals surface area (Å²) in [4.78, 5) is 28.6. The number of aromatic nitrogens is 1. The van der Waals surface area contributed by atoms with Crippen molar-refractivity contribution in [1.29, 1.82) is 0 Å². The average molecular weight is 396 g/mol. The first-order valence-corrected chi connectivity index (χ1v) is 9.50. The highest BCUT2D eigenvalue weighted by molar-refractivity contribution is 7.13. The number of anilines is 1. The van der Waals surface area contributed by atoms with E-state index in [1.165, 1.54) is 11.3 Å². The Morgan fingerprint density at radius 2 is 1.75 bits per heavy atom. The molecule has 0 saturated carbocycles. The minimum Gasteiger partial charge on any atom is -0.489 e. The Bertz CT molecular complexity index is 952. The highest BCUT2D eigenvalue weighted by Crippen LogP contribution is 2.19. The number of carbonyl (C=O) groups is 2. The molecule has 1 heterocycles. The molecular weight excluding hydrogens is 376 g/mol. The molecule has 0 bridgehead atoms. The molecule has 1 aromatic heterocycles. The molecule has 1 amide bonds. The molecule has 0 aliphatic rings. The first-order valence-electron chi connectivity index (χ1n) is 8.69. The number of hydrogen-bond donors (Lipinski definition) is 1. The van der Waals surface area contributed by atoms with Crippen LogP contribution in [0.2, 0.25) is 0 Å². The van der Waals surface area contributed by atoms with Crippen molar-refractivity contribution in [2.45, 2.75) is 20.5 Å².